The first-order valence-electron chi connectivity index (χ1n) is 9.20. The third kappa shape index (κ3) is 5.29. The van der Waals surface area contributed by atoms with E-state index in [1.54, 1.807) is 44.5 Å². The maximum absolute atomic E-state index is 12.7. The number of rotatable bonds is 6. The van der Waals surface area contributed by atoms with E-state index in [-0.39, 0.29) is 18.2 Å². The predicted molar refractivity (Wildman–Crippen MR) is 115 cm³/mol. The zero-order chi connectivity index (χ0) is 20.8. The number of hydrogen-bond donors (Lipinski definition) is 1. The monoisotopic (exact) mass is 413 g/mol. The molecular weight excluding hydrogens is 390 g/mol. The number of carbonyl (C=O) groups excluding carboxylic acids is 2. The van der Waals surface area contributed by atoms with Crippen molar-refractivity contribution in [2.24, 2.45) is 4.99 Å². The van der Waals surface area contributed by atoms with Gasteiger partial charge in [-0.2, -0.15) is 0 Å². The standard InChI is InChI=1S/C21H23N3O4S/c1-4-28-16-10-8-14(9-11-16)22-20(26)18-13-19(25)24(2)21(29-18)23-15-6-5-7-17(12-15)27-3/h5-12,18H,4,13H2,1-3H3,(H,22,26). The van der Waals surface area contributed by atoms with E-state index in [1.165, 1.54) is 16.7 Å². The normalized spacial score (nSPS) is 17.9. The van der Waals surface area contributed by atoms with Gasteiger partial charge in [0.15, 0.2) is 5.17 Å². The van der Waals surface area contributed by atoms with E-state index >= 15 is 0 Å². The Kier molecular flexibility index (Phi) is 6.77. The second-order valence-corrected chi connectivity index (χ2v) is 7.48. The highest BCUT2D eigenvalue weighted by Crippen LogP contribution is 2.30. The van der Waals surface area contributed by atoms with Gasteiger partial charge in [-0.3, -0.25) is 14.5 Å². The van der Waals surface area contributed by atoms with Crippen molar-refractivity contribution in [3.8, 4) is 11.5 Å². The molecule has 1 N–H and O–H groups in total. The third-order valence-corrected chi connectivity index (χ3v) is 5.51. The lowest BCUT2D eigenvalue weighted by molar-refractivity contribution is -0.128. The van der Waals surface area contributed by atoms with Gasteiger partial charge in [0.1, 0.15) is 16.7 Å². The minimum absolute atomic E-state index is 0.112. The molecule has 1 aliphatic rings. The van der Waals surface area contributed by atoms with Crippen LogP contribution in [0.1, 0.15) is 13.3 Å². The Morgan fingerprint density at radius 1 is 1.24 bits per heavy atom. The van der Waals surface area contributed by atoms with Crippen molar-refractivity contribution >= 4 is 40.1 Å². The average Bonchev–Trinajstić information content (AvgIpc) is 2.73. The van der Waals surface area contributed by atoms with E-state index in [0.29, 0.717) is 28.9 Å². The van der Waals surface area contributed by atoms with Crippen molar-refractivity contribution in [3.05, 3.63) is 48.5 Å². The number of benzene rings is 2. The second kappa shape index (κ2) is 9.47. The number of aliphatic imine (C=N–C) groups is 1. The first-order valence-corrected chi connectivity index (χ1v) is 10.1. The summed E-state index contributed by atoms with van der Waals surface area (Å²) in [6, 6.07) is 14.4. The van der Waals surface area contributed by atoms with E-state index in [0.717, 1.165) is 5.75 Å². The number of amidine groups is 1. The van der Waals surface area contributed by atoms with Gasteiger partial charge in [-0.25, -0.2) is 4.99 Å². The highest BCUT2D eigenvalue weighted by molar-refractivity contribution is 8.15. The summed E-state index contributed by atoms with van der Waals surface area (Å²) in [5.74, 6) is 1.02. The number of methoxy groups -OCH3 is 1. The summed E-state index contributed by atoms with van der Waals surface area (Å²) >= 11 is 1.27. The van der Waals surface area contributed by atoms with Gasteiger partial charge in [0.05, 0.1) is 19.4 Å². The van der Waals surface area contributed by atoms with Gasteiger partial charge in [0, 0.05) is 25.2 Å². The summed E-state index contributed by atoms with van der Waals surface area (Å²) in [6.07, 6.45) is 0.112. The van der Waals surface area contributed by atoms with Crippen molar-refractivity contribution in [1.29, 1.82) is 0 Å². The molecule has 1 aliphatic heterocycles. The molecule has 0 bridgehead atoms. The summed E-state index contributed by atoms with van der Waals surface area (Å²) in [7, 11) is 3.24. The van der Waals surface area contributed by atoms with Crippen molar-refractivity contribution in [2.75, 3.05) is 26.1 Å². The molecule has 0 saturated carbocycles. The minimum Gasteiger partial charge on any atom is -0.497 e. The lowest BCUT2D eigenvalue weighted by atomic mass is 10.2. The van der Waals surface area contributed by atoms with Crippen LogP contribution in [-0.4, -0.2) is 47.9 Å². The van der Waals surface area contributed by atoms with Gasteiger partial charge in [-0.15, -0.1) is 0 Å². The Morgan fingerprint density at radius 3 is 2.69 bits per heavy atom. The number of anilines is 1. The summed E-state index contributed by atoms with van der Waals surface area (Å²) in [5, 5.41) is 2.77. The maximum Gasteiger partial charge on any atom is 0.238 e. The van der Waals surface area contributed by atoms with Crippen molar-refractivity contribution < 1.29 is 19.1 Å². The number of nitrogens with one attached hydrogen (secondary N) is 1. The predicted octanol–water partition coefficient (Wildman–Crippen LogP) is 3.68. The quantitative estimate of drug-likeness (QED) is 0.781. The van der Waals surface area contributed by atoms with Crippen LogP contribution in [0, 0.1) is 0 Å². The van der Waals surface area contributed by atoms with E-state index in [2.05, 4.69) is 10.3 Å². The van der Waals surface area contributed by atoms with Crippen LogP contribution in [-0.2, 0) is 9.59 Å². The van der Waals surface area contributed by atoms with Crippen LogP contribution in [0.2, 0.25) is 0 Å². The highest BCUT2D eigenvalue weighted by atomic mass is 32.2. The van der Waals surface area contributed by atoms with Gasteiger partial charge < -0.3 is 14.8 Å². The number of amides is 2. The average molecular weight is 413 g/mol. The summed E-state index contributed by atoms with van der Waals surface area (Å²) < 4.78 is 10.6. The number of hydrogen-bond acceptors (Lipinski definition) is 6. The van der Waals surface area contributed by atoms with E-state index in [1.807, 2.05) is 25.1 Å². The maximum atomic E-state index is 12.7. The third-order valence-electron chi connectivity index (χ3n) is 4.27. The first-order chi connectivity index (χ1) is 14.0. The largest absolute Gasteiger partial charge is 0.497 e. The van der Waals surface area contributed by atoms with Crippen LogP contribution in [0.3, 0.4) is 0 Å². The Morgan fingerprint density at radius 2 is 2.00 bits per heavy atom. The molecule has 2 aromatic carbocycles. The molecule has 0 aromatic heterocycles. The molecular formula is C21H23N3O4S. The summed E-state index contributed by atoms with van der Waals surface area (Å²) in [5.41, 5.74) is 1.30. The molecule has 1 unspecified atom stereocenters. The summed E-state index contributed by atoms with van der Waals surface area (Å²) in [4.78, 5) is 31.1. The van der Waals surface area contributed by atoms with Crippen molar-refractivity contribution in [1.82, 2.24) is 4.90 Å². The molecule has 1 heterocycles. The molecule has 2 aromatic rings. The minimum atomic E-state index is -0.561. The Hall–Kier alpha value is -3.00. The van der Waals surface area contributed by atoms with Gasteiger partial charge in [-0.1, -0.05) is 17.8 Å². The molecule has 0 radical (unpaired) electrons. The Labute approximate surface area is 174 Å². The van der Waals surface area contributed by atoms with E-state index < -0.39 is 5.25 Å². The SMILES string of the molecule is CCOc1ccc(NC(=O)C2CC(=O)N(C)C(=Nc3cccc(OC)c3)S2)cc1. The van der Waals surface area contributed by atoms with Crippen LogP contribution in [0.25, 0.3) is 0 Å². The van der Waals surface area contributed by atoms with Gasteiger partial charge in [0.25, 0.3) is 0 Å². The fourth-order valence-corrected chi connectivity index (χ4v) is 3.78. The van der Waals surface area contributed by atoms with Crippen LogP contribution in [0.15, 0.2) is 53.5 Å². The van der Waals surface area contributed by atoms with Gasteiger partial charge in [-0.05, 0) is 43.3 Å². The molecule has 29 heavy (non-hydrogen) atoms. The van der Waals surface area contributed by atoms with Crippen LogP contribution in [0.4, 0.5) is 11.4 Å². The topological polar surface area (TPSA) is 80.2 Å². The van der Waals surface area contributed by atoms with E-state index in [4.69, 9.17) is 9.47 Å². The molecule has 152 valence electrons. The number of nitrogens with zero attached hydrogens (tertiary/aromatic N) is 2. The number of thioether (sulfide) groups is 1. The van der Waals surface area contributed by atoms with Gasteiger partial charge >= 0.3 is 0 Å². The zero-order valence-electron chi connectivity index (χ0n) is 16.5. The lowest BCUT2D eigenvalue weighted by Gasteiger charge is -2.28. The Bertz CT molecular complexity index is 914. The highest BCUT2D eigenvalue weighted by Gasteiger charge is 2.34. The summed E-state index contributed by atoms with van der Waals surface area (Å²) in [6.45, 7) is 2.49. The molecule has 7 nitrogen and oxygen atoms in total. The Balaban J connectivity index is 1.73. The molecule has 1 atom stereocenters. The fourth-order valence-electron chi connectivity index (χ4n) is 2.71. The van der Waals surface area contributed by atoms with Gasteiger partial charge in [0.2, 0.25) is 11.8 Å². The molecule has 3 rings (SSSR count). The van der Waals surface area contributed by atoms with Crippen molar-refractivity contribution in [2.45, 2.75) is 18.6 Å². The number of ether oxygens (including phenoxy) is 2. The van der Waals surface area contributed by atoms with E-state index in [9.17, 15) is 9.59 Å². The lowest BCUT2D eigenvalue weighted by Crippen LogP contribution is -2.43. The van der Waals surface area contributed by atoms with Crippen LogP contribution >= 0.6 is 11.8 Å². The molecule has 0 spiro atoms. The number of carbonyl (C=O) groups is 2. The molecule has 1 fully saturated rings. The molecule has 1 saturated heterocycles. The molecule has 8 heteroatoms. The zero-order valence-corrected chi connectivity index (χ0v) is 17.4. The fraction of sp³-hybridized carbons (Fsp3) is 0.286. The molecule has 2 amide bonds. The first kappa shape index (κ1) is 20.7. The molecule has 0 aliphatic carbocycles. The second-order valence-electron chi connectivity index (χ2n) is 6.31. The van der Waals surface area contributed by atoms with Crippen molar-refractivity contribution in [3.63, 3.8) is 0 Å². The van der Waals surface area contributed by atoms with Crippen LogP contribution < -0.4 is 14.8 Å². The van der Waals surface area contributed by atoms with Crippen LogP contribution in [0.5, 0.6) is 11.5 Å². The smallest absolute Gasteiger partial charge is 0.238 e.